The van der Waals surface area contributed by atoms with Gasteiger partial charge in [0.2, 0.25) is 5.91 Å². The first-order chi connectivity index (χ1) is 37.0. The smallest absolute Gasteiger partial charge is 0.410 e. The van der Waals surface area contributed by atoms with Gasteiger partial charge in [-0.05, 0) is 94.2 Å². The number of hydrogen-bond acceptors (Lipinski definition) is 18. The summed E-state index contributed by atoms with van der Waals surface area (Å²) in [5.41, 5.74) is -1.32. The van der Waals surface area contributed by atoms with Crippen LogP contribution in [-0.2, 0) is 65.6 Å². The molecule has 21 heteroatoms. The minimum Gasteiger partial charge on any atom is -0.459 e. The summed E-state index contributed by atoms with van der Waals surface area (Å²) in [6, 6.07) is 18.6. The zero-order valence-electron chi connectivity index (χ0n) is 49.4. The third-order valence-corrected chi connectivity index (χ3v) is 12.3. The van der Waals surface area contributed by atoms with Gasteiger partial charge in [0.25, 0.3) is 0 Å². The molecule has 4 rings (SSSR count). The van der Waals surface area contributed by atoms with E-state index in [4.69, 9.17) is 28.4 Å². The minimum atomic E-state index is -0.760. The maximum absolute atomic E-state index is 15.0. The van der Waals surface area contributed by atoms with Crippen molar-refractivity contribution in [3.63, 3.8) is 0 Å². The van der Waals surface area contributed by atoms with Crippen molar-refractivity contribution in [3.05, 3.63) is 71.8 Å². The number of esters is 4. The molecule has 0 bridgehead atoms. The van der Waals surface area contributed by atoms with Crippen LogP contribution in [0.4, 0.5) is 9.59 Å². The second-order valence-corrected chi connectivity index (χ2v) is 24.2. The van der Waals surface area contributed by atoms with E-state index in [1.807, 2.05) is 106 Å². The van der Waals surface area contributed by atoms with Crippen molar-refractivity contribution in [1.82, 2.24) is 39.2 Å². The van der Waals surface area contributed by atoms with Crippen LogP contribution >= 0.6 is 0 Å². The van der Waals surface area contributed by atoms with Gasteiger partial charge in [0.05, 0.1) is 32.7 Å². The molecule has 2 aromatic carbocycles. The lowest BCUT2D eigenvalue weighted by Gasteiger charge is -2.36. The molecular weight excluding hydrogens is 1020 g/mol. The van der Waals surface area contributed by atoms with E-state index in [9.17, 15) is 28.8 Å². The first-order valence-corrected chi connectivity index (χ1v) is 27.7. The van der Waals surface area contributed by atoms with Gasteiger partial charge in [0.1, 0.15) is 35.6 Å². The molecule has 2 aliphatic rings. The van der Waals surface area contributed by atoms with Gasteiger partial charge in [-0.15, -0.1) is 0 Å². The molecule has 2 heterocycles. The fraction of sp³-hybridized carbons (Fsp3) is 0.672. The largest absolute Gasteiger partial charge is 0.459 e. The lowest BCUT2D eigenvalue weighted by atomic mass is 10.2. The zero-order chi connectivity index (χ0) is 58.4. The van der Waals surface area contributed by atoms with Crippen molar-refractivity contribution < 1.29 is 62.0 Å². The number of rotatable bonds is 14. The summed E-state index contributed by atoms with van der Waals surface area (Å²) in [5, 5.41) is 0. The SMILES string of the molecule is CC(C)(C)OC(=O)CN1CCN(CC(=O)OC(C)(C)C)CCN(CC(=O)N2CCN(CC(=O)OC(C)(C)C)CCN(C(=O)OCc3ccccc3)CCN(C(=O)OCc3ccccc3)CC2)CCN(CC(=O)OC(C)(C)C)CC1. The Morgan fingerprint density at radius 1 is 0.329 bits per heavy atom. The summed E-state index contributed by atoms with van der Waals surface area (Å²) in [6.07, 6.45) is -1.22. The van der Waals surface area contributed by atoms with Gasteiger partial charge in [-0.1, -0.05) is 60.7 Å². The summed E-state index contributed by atoms with van der Waals surface area (Å²) < 4.78 is 34.5. The molecule has 21 nitrogen and oxygen atoms in total. The summed E-state index contributed by atoms with van der Waals surface area (Å²) in [6.45, 7) is 25.2. The number of benzene rings is 2. The van der Waals surface area contributed by atoms with Gasteiger partial charge < -0.3 is 43.1 Å². The van der Waals surface area contributed by atoms with Gasteiger partial charge >= 0.3 is 36.1 Å². The van der Waals surface area contributed by atoms with Gasteiger partial charge in [0, 0.05) is 105 Å². The van der Waals surface area contributed by atoms with E-state index in [1.54, 1.807) is 67.2 Å². The molecule has 79 heavy (non-hydrogen) atoms. The number of carbonyl (C=O) groups excluding carboxylic acids is 7. The lowest BCUT2D eigenvalue weighted by molar-refractivity contribution is -0.158. The Hall–Kier alpha value is -5.87. The van der Waals surface area contributed by atoms with Gasteiger partial charge in [-0.3, -0.25) is 48.5 Å². The number of ether oxygens (including phenoxy) is 6. The van der Waals surface area contributed by atoms with Crippen LogP contribution in [0.15, 0.2) is 60.7 Å². The maximum atomic E-state index is 15.0. The Morgan fingerprint density at radius 2 is 0.557 bits per heavy atom. The number of amides is 3. The second kappa shape index (κ2) is 31.2. The fourth-order valence-corrected chi connectivity index (χ4v) is 8.58. The molecule has 0 aromatic heterocycles. The van der Waals surface area contributed by atoms with Gasteiger partial charge in [0.15, 0.2) is 0 Å². The molecule has 0 spiro atoms. The normalized spacial score (nSPS) is 17.4. The Balaban J connectivity index is 1.67. The van der Waals surface area contributed by atoms with Crippen LogP contribution in [0, 0.1) is 0 Å². The monoisotopic (exact) mass is 1110 g/mol. The fourth-order valence-electron chi connectivity index (χ4n) is 8.58. The Bertz CT molecular complexity index is 2200. The predicted molar refractivity (Wildman–Crippen MR) is 299 cm³/mol. The first-order valence-electron chi connectivity index (χ1n) is 27.7. The van der Waals surface area contributed by atoms with Crippen LogP contribution in [0.1, 0.15) is 94.2 Å². The highest BCUT2D eigenvalue weighted by atomic mass is 16.6. The van der Waals surface area contributed by atoms with Crippen molar-refractivity contribution in [2.75, 3.05) is 137 Å². The Kier molecular flexibility index (Phi) is 25.9. The van der Waals surface area contributed by atoms with Crippen LogP contribution in [-0.4, -0.2) is 241 Å². The molecular formula is C58H92N8O13. The minimum absolute atomic E-state index is 0.00784. The highest BCUT2D eigenvalue weighted by Crippen LogP contribution is 2.15. The summed E-state index contributed by atoms with van der Waals surface area (Å²) in [7, 11) is 0. The zero-order valence-corrected chi connectivity index (χ0v) is 49.4. The molecule has 2 fully saturated rings. The van der Waals surface area contributed by atoms with Gasteiger partial charge in [-0.2, -0.15) is 0 Å². The van der Waals surface area contributed by atoms with E-state index in [0.717, 1.165) is 11.1 Å². The Labute approximate surface area is 469 Å². The van der Waals surface area contributed by atoms with Crippen LogP contribution < -0.4 is 0 Å². The standard InChI is InChI=1S/C58H92N8O13/c1-55(2,3)76-49(68)40-60-25-23-59(24-26-61(41-50(69)77-56(4,5)6)28-30-62(29-27-60)42-51(70)78-57(7,8)9)39-48(67)64-33-31-63(43-52(71)79-58(10,11)12)32-34-65(53(72)74-44-46-19-15-13-16-20-46)37-38-66(36-35-64)54(73)75-45-47-21-17-14-18-22-47/h13-22H,23-45H2,1-12H3. The van der Waals surface area contributed by atoms with E-state index in [-0.39, 0.29) is 104 Å². The van der Waals surface area contributed by atoms with Crippen LogP contribution in [0.2, 0.25) is 0 Å². The summed E-state index contributed by atoms with van der Waals surface area (Å²) >= 11 is 0. The molecule has 0 radical (unpaired) electrons. The van der Waals surface area contributed by atoms with E-state index < -0.39 is 58.5 Å². The number of hydrogen-bond donors (Lipinski definition) is 0. The third kappa shape index (κ3) is 28.2. The molecule has 0 aliphatic carbocycles. The van der Waals surface area contributed by atoms with Crippen LogP contribution in [0.3, 0.4) is 0 Å². The first kappa shape index (κ1) is 65.6. The van der Waals surface area contributed by atoms with E-state index >= 15 is 4.79 Å². The molecule has 442 valence electrons. The molecule has 2 saturated heterocycles. The molecule has 0 saturated carbocycles. The van der Waals surface area contributed by atoms with Crippen molar-refractivity contribution in [1.29, 1.82) is 0 Å². The van der Waals surface area contributed by atoms with Crippen molar-refractivity contribution >= 4 is 42.0 Å². The van der Waals surface area contributed by atoms with E-state index in [2.05, 4.69) is 0 Å². The molecule has 0 N–H and O–H groups in total. The molecule has 0 atom stereocenters. The van der Waals surface area contributed by atoms with Gasteiger partial charge in [-0.25, -0.2) is 9.59 Å². The summed E-state index contributed by atoms with van der Waals surface area (Å²) in [5.74, 6) is -1.96. The highest BCUT2D eigenvalue weighted by Gasteiger charge is 2.30. The third-order valence-electron chi connectivity index (χ3n) is 12.3. The average Bonchev–Trinajstić information content (AvgIpc) is 3.32. The predicted octanol–water partition coefficient (Wildman–Crippen LogP) is 5.00. The topological polar surface area (TPSA) is 201 Å². The number of nitrogens with zero attached hydrogens (tertiary/aromatic N) is 8. The lowest BCUT2D eigenvalue weighted by Crippen LogP contribution is -2.53. The van der Waals surface area contributed by atoms with Crippen molar-refractivity contribution in [2.24, 2.45) is 0 Å². The van der Waals surface area contributed by atoms with Crippen LogP contribution in [0.5, 0.6) is 0 Å². The summed E-state index contributed by atoms with van der Waals surface area (Å²) in [4.78, 5) is 111. The Morgan fingerprint density at radius 3 is 0.835 bits per heavy atom. The molecule has 0 unspecified atom stereocenters. The van der Waals surface area contributed by atoms with Crippen molar-refractivity contribution in [3.8, 4) is 0 Å². The van der Waals surface area contributed by atoms with E-state index in [1.165, 1.54) is 9.80 Å². The average molecular weight is 1110 g/mol. The number of carbonyl (C=O) groups is 7. The molecule has 2 aliphatic heterocycles. The maximum Gasteiger partial charge on any atom is 0.410 e. The molecule has 3 amide bonds. The van der Waals surface area contributed by atoms with Crippen LogP contribution in [0.25, 0.3) is 0 Å². The quantitative estimate of drug-likeness (QED) is 0.181. The van der Waals surface area contributed by atoms with E-state index in [0.29, 0.717) is 52.4 Å². The second-order valence-electron chi connectivity index (χ2n) is 24.2. The van der Waals surface area contributed by atoms with Crippen molar-refractivity contribution in [2.45, 2.75) is 119 Å². The highest BCUT2D eigenvalue weighted by molar-refractivity contribution is 5.78. The molecule has 2 aromatic rings.